The Morgan fingerprint density at radius 3 is 2.00 bits per heavy atom. The van der Waals surface area contributed by atoms with Gasteiger partial charge in [0.25, 0.3) is 0 Å². The van der Waals surface area contributed by atoms with Gasteiger partial charge in [-0.3, -0.25) is 19.5 Å². The molecule has 0 rings (SSSR count). The van der Waals surface area contributed by atoms with E-state index in [4.69, 9.17) is 16.1 Å². The fourth-order valence-corrected chi connectivity index (χ4v) is 2.90. The minimum atomic E-state index is -4.57. The number of unbranched alkanes of at least 4 members (excludes halogenated alkanes) is 8. The Bertz CT molecular complexity index is 379. The maximum absolute atomic E-state index is 11.5. The van der Waals surface area contributed by atoms with Crippen molar-refractivity contribution >= 4 is 13.8 Å². The molecule has 0 spiro atoms. The van der Waals surface area contributed by atoms with Gasteiger partial charge in [-0.1, -0.05) is 44.9 Å². The number of phosphoric ester groups is 1. The zero-order valence-corrected chi connectivity index (χ0v) is 15.6. The summed E-state index contributed by atoms with van der Waals surface area (Å²) in [4.78, 5) is 24.6. The van der Waals surface area contributed by atoms with Crippen molar-refractivity contribution in [1.29, 1.82) is 0 Å². The molecule has 0 radical (unpaired) electrons. The van der Waals surface area contributed by atoms with Crippen LogP contribution in [-0.2, 0) is 23.3 Å². The molecule has 0 aromatic heterocycles. The van der Waals surface area contributed by atoms with Crippen LogP contribution in [0.4, 0.5) is 0 Å². The fraction of sp³-hybridized carbons (Fsp3) is 0.933. The highest BCUT2D eigenvalue weighted by Gasteiger charge is 2.27. The second-order valence-electron chi connectivity index (χ2n) is 5.86. The van der Waals surface area contributed by atoms with Gasteiger partial charge < -0.3 is 15.4 Å². The number of aliphatic hydroxyl groups is 1. The van der Waals surface area contributed by atoms with Crippen molar-refractivity contribution in [2.24, 2.45) is 5.73 Å². The summed E-state index contributed by atoms with van der Waals surface area (Å²) >= 11 is 0. The molecule has 2 atom stereocenters. The first-order valence-corrected chi connectivity index (χ1v) is 10.3. The van der Waals surface area contributed by atoms with E-state index in [-0.39, 0.29) is 6.42 Å². The van der Waals surface area contributed by atoms with Gasteiger partial charge in [-0.25, -0.2) is 9.45 Å². The Balaban J connectivity index is 3.64. The standard InChI is InChI=1S/C15H32NO8P/c16-11-9-7-5-3-1-2-4-6-8-10-15(18)24-25(20,21)22-13-14(12-17)23-19/h14,17,19H,1-13,16H2,(H,20,21)/t14-/m1/s1. The van der Waals surface area contributed by atoms with Gasteiger partial charge in [0.05, 0.1) is 13.2 Å². The molecule has 150 valence electrons. The third-order valence-electron chi connectivity index (χ3n) is 3.58. The zero-order chi connectivity index (χ0) is 19.0. The van der Waals surface area contributed by atoms with Crippen LogP contribution in [0.2, 0.25) is 0 Å². The molecule has 5 N–H and O–H groups in total. The number of carbonyl (C=O) groups excluding carboxylic acids is 1. The molecule has 0 saturated carbocycles. The van der Waals surface area contributed by atoms with E-state index in [0.717, 1.165) is 38.6 Å². The van der Waals surface area contributed by atoms with E-state index in [1.807, 2.05) is 0 Å². The van der Waals surface area contributed by atoms with E-state index in [1.54, 1.807) is 0 Å². The second kappa shape index (κ2) is 15.7. The average molecular weight is 385 g/mol. The maximum atomic E-state index is 11.5. The fourth-order valence-electron chi connectivity index (χ4n) is 2.15. The van der Waals surface area contributed by atoms with Crippen molar-refractivity contribution in [3.8, 4) is 0 Å². The van der Waals surface area contributed by atoms with Gasteiger partial charge in [0.15, 0.2) is 0 Å². The molecule has 0 amide bonds. The van der Waals surface area contributed by atoms with Crippen molar-refractivity contribution < 1.29 is 38.6 Å². The average Bonchev–Trinajstić information content (AvgIpc) is 2.57. The van der Waals surface area contributed by atoms with Crippen LogP contribution >= 0.6 is 7.82 Å². The SMILES string of the molecule is NCCCCCCCCCCCC(=O)OP(=O)(O)OC[C@@H](CO)OO. The Labute approximate surface area is 149 Å². The van der Waals surface area contributed by atoms with Crippen LogP contribution < -0.4 is 5.73 Å². The van der Waals surface area contributed by atoms with Gasteiger partial charge in [0, 0.05) is 6.42 Å². The lowest BCUT2D eigenvalue weighted by atomic mass is 10.1. The molecule has 0 fully saturated rings. The van der Waals surface area contributed by atoms with E-state index in [1.165, 1.54) is 19.3 Å². The van der Waals surface area contributed by atoms with Crippen LogP contribution in [0.1, 0.15) is 64.2 Å². The van der Waals surface area contributed by atoms with Gasteiger partial charge in [0.1, 0.15) is 6.10 Å². The predicted molar refractivity (Wildman–Crippen MR) is 91.7 cm³/mol. The summed E-state index contributed by atoms with van der Waals surface area (Å²) < 4.78 is 20.3. The molecule has 25 heavy (non-hydrogen) atoms. The van der Waals surface area contributed by atoms with E-state index in [0.29, 0.717) is 6.42 Å². The maximum Gasteiger partial charge on any atom is 0.529 e. The van der Waals surface area contributed by atoms with E-state index in [9.17, 15) is 14.3 Å². The Hall–Kier alpha value is -0.540. The van der Waals surface area contributed by atoms with Crippen LogP contribution in [0.5, 0.6) is 0 Å². The second-order valence-corrected chi connectivity index (χ2v) is 7.24. The van der Waals surface area contributed by atoms with Crippen LogP contribution in [0.15, 0.2) is 0 Å². The summed E-state index contributed by atoms with van der Waals surface area (Å²) in [7, 11) is -4.57. The van der Waals surface area contributed by atoms with Gasteiger partial charge in [0.2, 0.25) is 0 Å². The summed E-state index contributed by atoms with van der Waals surface area (Å²) in [5, 5.41) is 17.1. The lowest BCUT2D eigenvalue weighted by molar-refractivity contribution is -0.289. The number of carbonyl (C=O) groups is 1. The third-order valence-corrected chi connectivity index (χ3v) is 4.49. The van der Waals surface area contributed by atoms with E-state index in [2.05, 4.69) is 13.9 Å². The van der Waals surface area contributed by atoms with Crippen molar-refractivity contribution in [2.45, 2.75) is 70.3 Å². The first-order valence-electron chi connectivity index (χ1n) is 8.76. The normalized spacial score (nSPS) is 14.9. The van der Waals surface area contributed by atoms with Crippen LogP contribution in [0.25, 0.3) is 0 Å². The van der Waals surface area contributed by atoms with Gasteiger partial charge in [-0.2, -0.15) is 0 Å². The molecule has 0 aliphatic carbocycles. The zero-order valence-electron chi connectivity index (χ0n) is 14.7. The van der Waals surface area contributed by atoms with E-state index < -0.39 is 33.1 Å². The quantitative estimate of drug-likeness (QED) is 0.128. The molecule has 9 nitrogen and oxygen atoms in total. The van der Waals surface area contributed by atoms with Crippen molar-refractivity contribution in [3.05, 3.63) is 0 Å². The van der Waals surface area contributed by atoms with E-state index >= 15 is 0 Å². The van der Waals surface area contributed by atoms with Crippen molar-refractivity contribution in [1.82, 2.24) is 0 Å². The number of hydrogen-bond donors (Lipinski definition) is 4. The highest BCUT2D eigenvalue weighted by atomic mass is 31.2. The molecular formula is C15H32NO8P. The topological polar surface area (TPSA) is 149 Å². The lowest BCUT2D eigenvalue weighted by Crippen LogP contribution is -2.22. The molecule has 0 heterocycles. The molecule has 0 aromatic rings. The van der Waals surface area contributed by atoms with Crippen LogP contribution in [0.3, 0.4) is 0 Å². The monoisotopic (exact) mass is 385 g/mol. The molecule has 0 saturated heterocycles. The van der Waals surface area contributed by atoms with Crippen molar-refractivity contribution in [3.63, 3.8) is 0 Å². The number of nitrogens with two attached hydrogens (primary N) is 1. The summed E-state index contributed by atoms with van der Waals surface area (Å²) in [5.41, 5.74) is 5.43. The summed E-state index contributed by atoms with van der Waals surface area (Å²) in [5.74, 6) is -0.821. The van der Waals surface area contributed by atoms with Crippen LogP contribution in [0, 0.1) is 0 Å². The van der Waals surface area contributed by atoms with Crippen LogP contribution in [-0.4, -0.2) is 47.1 Å². The summed E-state index contributed by atoms with van der Waals surface area (Å²) in [6, 6.07) is 0. The minimum absolute atomic E-state index is 0.0321. The predicted octanol–water partition coefficient (Wildman–Crippen LogP) is 2.36. The Morgan fingerprint density at radius 2 is 1.52 bits per heavy atom. The number of hydrogen-bond acceptors (Lipinski definition) is 8. The molecular weight excluding hydrogens is 353 g/mol. The lowest BCUT2D eigenvalue weighted by Gasteiger charge is -2.14. The summed E-state index contributed by atoms with van der Waals surface area (Å²) in [6.07, 6.45) is 8.18. The number of phosphoric acid groups is 1. The first kappa shape index (κ1) is 24.5. The number of rotatable bonds is 17. The highest BCUT2D eigenvalue weighted by molar-refractivity contribution is 7.48. The molecule has 10 heteroatoms. The highest BCUT2D eigenvalue weighted by Crippen LogP contribution is 2.43. The first-order chi connectivity index (χ1) is 11.9. The third kappa shape index (κ3) is 15.4. The smallest absolute Gasteiger partial charge is 0.393 e. The van der Waals surface area contributed by atoms with Gasteiger partial charge >= 0.3 is 13.8 Å². The van der Waals surface area contributed by atoms with Gasteiger partial charge in [-0.15, -0.1) is 0 Å². The Kier molecular flexibility index (Phi) is 15.4. The molecule has 0 aliphatic rings. The largest absolute Gasteiger partial charge is 0.529 e. The molecule has 1 unspecified atom stereocenters. The minimum Gasteiger partial charge on any atom is -0.393 e. The molecule has 0 aliphatic heterocycles. The Morgan fingerprint density at radius 1 is 1.00 bits per heavy atom. The van der Waals surface area contributed by atoms with Crippen molar-refractivity contribution in [2.75, 3.05) is 19.8 Å². The number of aliphatic hydroxyl groups excluding tert-OH is 1. The molecule has 0 bridgehead atoms. The molecule has 0 aromatic carbocycles. The van der Waals surface area contributed by atoms with Gasteiger partial charge in [-0.05, 0) is 19.4 Å². The summed E-state index contributed by atoms with van der Waals surface area (Å²) in [6.45, 7) is -0.448.